The predicted octanol–water partition coefficient (Wildman–Crippen LogP) is 0.905. The summed E-state index contributed by atoms with van der Waals surface area (Å²) in [6.45, 7) is 4.79. The minimum absolute atomic E-state index is 0. The molecule has 2 fully saturated rings. The molecule has 0 aromatic heterocycles. The maximum atomic E-state index is 12.2. The Labute approximate surface area is 162 Å². The molecule has 1 heterocycles. The van der Waals surface area contributed by atoms with Crippen molar-refractivity contribution in [2.75, 3.05) is 39.3 Å². The van der Waals surface area contributed by atoms with Gasteiger partial charge in [-0.2, -0.15) is 0 Å². The lowest BCUT2D eigenvalue weighted by Crippen LogP contribution is -2.50. The zero-order chi connectivity index (χ0) is 18.3. The van der Waals surface area contributed by atoms with Gasteiger partial charge in [-0.3, -0.25) is 14.4 Å². The van der Waals surface area contributed by atoms with Crippen LogP contribution in [0.15, 0.2) is 0 Å². The average Bonchev–Trinajstić information content (AvgIpc) is 2.62. The second-order valence-electron chi connectivity index (χ2n) is 7.43. The first-order valence-corrected chi connectivity index (χ1v) is 9.46. The van der Waals surface area contributed by atoms with E-state index in [1.165, 1.54) is 6.42 Å². The summed E-state index contributed by atoms with van der Waals surface area (Å²) in [5, 5.41) is 2.88. The molecule has 1 saturated carbocycles. The van der Waals surface area contributed by atoms with Gasteiger partial charge < -0.3 is 20.9 Å². The molecule has 1 saturated heterocycles. The number of hydrogen-bond acceptors (Lipinski definition) is 4. The van der Waals surface area contributed by atoms with Crippen molar-refractivity contribution in [2.24, 2.45) is 11.1 Å². The molecule has 3 amide bonds. The van der Waals surface area contributed by atoms with Crippen LogP contribution in [0.2, 0.25) is 0 Å². The second-order valence-corrected chi connectivity index (χ2v) is 7.43. The van der Waals surface area contributed by atoms with Gasteiger partial charge in [-0.1, -0.05) is 19.3 Å². The van der Waals surface area contributed by atoms with Crippen molar-refractivity contribution in [3.8, 4) is 0 Å². The molecule has 150 valence electrons. The fraction of sp³-hybridized carbons (Fsp3) is 0.833. The highest BCUT2D eigenvalue weighted by Crippen LogP contribution is 2.38. The molecule has 2 rings (SSSR count). The zero-order valence-electron chi connectivity index (χ0n) is 15.8. The molecule has 0 bridgehead atoms. The average molecular weight is 389 g/mol. The van der Waals surface area contributed by atoms with Crippen LogP contribution in [0.4, 0.5) is 0 Å². The number of nitrogens with two attached hydrogens (primary N) is 1. The molecule has 1 aliphatic heterocycles. The molecule has 3 N–H and O–H groups in total. The van der Waals surface area contributed by atoms with Gasteiger partial charge in [0.2, 0.25) is 17.7 Å². The van der Waals surface area contributed by atoms with Gasteiger partial charge in [0.15, 0.2) is 0 Å². The molecule has 26 heavy (non-hydrogen) atoms. The third-order valence-electron chi connectivity index (χ3n) is 5.62. The Morgan fingerprint density at radius 1 is 1.00 bits per heavy atom. The molecular weight excluding hydrogens is 356 g/mol. The van der Waals surface area contributed by atoms with E-state index in [0.29, 0.717) is 52.1 Å². The minimum Gasteiger partial charge on any atom is -0.356 e. The Hall–Kier alpha value is -1.34. The van der Waals surface area contributed by atoms with Crippen LogP contribution in [-0.2, 0) is 14.4 Å². The number of carbonyl (C=O) groups excluding carboxylic acids is 3. The van der Waals surface area contributed by atoms with E-state index < -0.39 is 0 Å². The van der Waals surface area contributed by atoms with E-state index in [1.807, 2.05) is 0 Å². The number of halogens is 1. The van der Waals surface area contributed by atoms with E-state index in [-0.39, 0.29) is 35.5 Å². The van der Waals surface area contributed by atoms with Crippen molar-refractivity contribution in [1.29, 1.82) is 0 Å². The first-order valence-electron chi connectivity index (χ1n) is 9.46. The molecule has 0 spiro atoms. The maximum Gasteiger partial charge on any atom is 0.224 e. The van der Waals surface area contributed by atoms with E-state index in [1.54, 1.807) is 16.7 Å². The summed E-state index contributed by atoms with van der Waals surface area (Å²) >= 11 is 0. The summed E-state index contributed by atoms with van der Waals surface area (Å²) in [5.41, 5.74) is 5.88. The van der Waals surface area contributed by atoms with Crippen LogP contribution in [0.1, 0.15) is 51.9 Å². The number of nitrogens with one attached hydrogen (secondary N) is 1. The van der Waals surface area contributed by atoms with Gasteiger partial charge >= 0.3 is 0 Å². The standard InChI is InChI=1S/C18H32N4O3.ClH/c1-15(23)21-9-11-22(12-10-21)17(25)5-8-20-16(24)13-18(14-19)6-3-2-4-7-18;/h2-14,19H2,1H3,(H,20,24);1H. The monoisotopic (exact) mass is 388 g/mol. The van der Waals surface area contributed by atoms with Gasteiger partial charge in [-0.25, -0.2) is 0 Å². The van der Waals surface area contributed by atoms with Crippen molar-refractivity contribution in [2.45, 2.75) is 51.9 Å². The summed E-state index contributed by atoms with van der Waals surface area (Å²) in [4.78, 5) is 39.3. The zero-order valence-corrected chi connectivity index (χ0v) is 16.6. The van der Waals surface area contributed by atoms with Crippen LogP contribution < -0.4 is 11.1 Å². The van der Waals surface area contributed by atoms with Crippen LogP contribution in [-0.4, -0.2) is 66.8 Å². The van der Waals surface area contributed by atoms with Crippen LogP contribution in [0.5, 0.6) is 0 Å². The van der Waals surface area contributed by atoms with Crippen molar-refractivity contribution in [3.05, 3.63) is 0 Å². The Morgan fingerprint density at radius 3 is 2.12 bits per heavy atom. The van der Waals surface area contributed by atoms with Crippen LogP contribution in [0, 0.1) is 5.41 Å². The number of carbonyl (C=O) groups is 3. The maximum absolute atomic E-state index is 12.2. The molecule has 7 nitrogen and oxygen atoms in total. The highest BCUT2D eigenvalue weighted by Gasteiger charge is 2.32. The second kappa shape index (κ2) is 10.7. The van der Waals surface area contributed by atoms with Gasteiger partial charge in [-0.15, -0.1) is 12.4 Å². The summed E-state index contributed by atoms with van der Waals surface area (Å²) in [6, 6.07) is 0. The number of rotatable bonds is 6. The third-order valence-corrected chi connectivity index (χ3v) is 5.62. The SMILES string of the molecule is CC(=O)N1CCN(C(=O)CCNC(=O)CC2(CN)CCCCC2)CC1.Cl. The van der Waals surface area contributed by atoms with E-state index >= 15 is 0 Å². The van der Waals surface area contributed by atoms with Crippen molar-refractivity contribution in [1.82, 2.24) is 15.1 Å². The van der Waals surface area contributed by atoms with Crippen molar-refractivity contribution >= 4 is 30.1 Å². The fourth-order valence-electron chi connectivity index (χ4n) is 3.90. The highest BCUT2D eigenvalue weighted by molar-refractivity contribution is 5.85. The normalized spacial score (nSPS) is 19.5. The van der Waals surface area contributed by atoms with Gasteiger partial charge in [0.1, 0.15) is 0 Å². The van der Waals surface area contributed by atoms with Crippen LogP contribution in [0.25, 0.3) is 0 Å². The molecule has 1 aliphatic carbocycles. The Morgan fingerprint density at radius 2 is 1.58 bits per heavy atom. The quantitative estimate of drug-likeness (QED) is 0.706. The van der Waals surface area contributed by atoms with E-state index in [2.05, 4.69) is 5.32 Å². The smallest absolute Gasteiger partial charge is 0.224 e. The fourth-order valence-corrected chi connectivity index (χ4v) is 3.90. The predicted molar refractivity (Wildman–Crippen MR) is 103 cm³/mol. The number of nitrogens with zero attached hydrogens (tertiary/aromatic N) is 2. The third kappa shape index (κ3) is 6.43. The summed E-state index contributed by atoms with van der Waals surface area (Å²) in [6.07, 6.45) is 6.35. The number of amides is 3. The minimum atomic E-state index is -0.0463. The van der Waals surface area contributed by atoms with E-state index in [4.69, 9.17) is 5.73 Å². The number of hydrogen-bond donors (Lipinski definition) is 2. The number of piperazine rings is 1. The summed E-state index contributed by atoms with van der Waals surface area (Å²) in [7, 11) is 0. The summed E-state index contributed by atoms with van der Waals surface area (Å²) < 4.78 is 0. The topological polar surface area (TPSA) is 95.7 Å². The van der Waals surface area contributed by atoms with Gasteiger partial charge in [-0.05, 0) is 24.8 Å². The molecule has 0 unspecified atom stereocenters. The van der Waals surface area contributed by atoms with Crippen molar-refractivity contribution < 1.29 is 14.4 Å². The molecule has 2 aliphatic rings. The van der Waals surface area contributed by atoms with Gasteiger partial charge in [0.25, 0.3) is 0 Å². The van der Waals surface area contributed by atoms with Gasteiger partial charge in [0.05, 0.1) is 0 Å². The Bertz CT molecular complexity index is 487. The van der Waals surface area contributed by atoms with Crippen LogP contribution in [0.3, 0.4) is 0 Å². The summed E-state index contributed by atoms with van der Waals surface area (Å²) in [5.74, 6) is 0.0900. The Balaban J connectivity index is 0.00000338. The largest absolute Gasteiger partial charge is 0.356 e. The van der Waals surface area contributed by atoms with Crippen LogP contribution >= 0.6 is 12.4 Å². The molecule has 0 aromatic carbocycles. The first kappa shape index (κ1) is 22.7. The van der Waals surface area contributed by atoms with Gasteiger partial charge in [0, 0.05) is 52.5 Å². The molecule has 0 atom stereocenters. The lowest BCUT2D eigenvalue weighted by atomic mass is 9.71. The lowest BCUT2D eigenvalue weighted by Gasteiger charge is -2.35. The first-order chi connectivity index (χ1) is 12.0. The highest BCUT2D eigenvalue weighted by atomic mass is 35.5. The lowest BCUT2D eigenvalue weighted by molar-refractivity contribution is -0.138. The van der Waals surface area contributed by atoms with E-state index in [9.17, 15) is 14.4 Å². The molecule has 0 aromatic rings. The molecular formula is C18H33ClN4O3. The van der Waals surface area contributed by atoms with Crippen molar-refractivity contribution in [3.63, 3.8) is 0 Å². The Kier molecular flexibility index (Phi) is 9.36. The van der Waals surface area contributed by atoms with E-state index in [0.717, 1.165) is 25.7 Å². The molecule has 0 radical (unpaired) electrons. The molecule has 8 heteroatoms.